The minimum Gasteiger partial charge on any atom is -0.497 e. The second kappa shape index (κ2) is 9.94. The molecule has 2 N–H and O–H groups in total. The molecular weight excluding hydrogens is 372 g/mol. The fourth-order valence-corrected chi connectivity index (χ4v) is 4.73. The zero-order valence-corrected chi connectivity index (χ0v) is 17.3. The molecule has 28 heavy (non-hydrogen) atoms. The van der Waals surface area contributed by atoms with Gasteiger partial charge in [0.15, 0.2) is 0 Å². The maximum Gasteiger partial charge on any atom is 0.317 e. The van der Waals surface area contributed by atoms with Gasteiger partial charge in [0.2, 0.25) is 0 Å². The van der Waals surface area contributed by atoms with Gasteiger partial charge in [-0.05, 0) is 52.9 Å². The van der Waals surface area contributed by atoms with Crippen molar-refractivity contribution in [3.63, 3.8) is 0 Å². The largest absolute Gasteiger partial charge is 0.497 e. The van der Waals surface area contributed by atoms with Crippen LogP contribution in [0.15, 0.2) is 41.1 Å². The first-order valence-corrected chi connectivity index (χ1v) is 10.9. The maximum atomic E-state index is 12.9. The Bertz CT molecular complexity index is 725. The molecule has 0 saturated heterocycles. The van der Waals surface area contributed by atoms with Crippen molar-refractivity contribution in [3.05, 3.63) is 52.2 Å². The number of ether oxygens (including phenoxy) is 1. The summed E-state index contributed by atoms with van der Waals surface area (Å²) < 4.78 is 5.30. The SMILES string of the molecule is COc1ccc(C2(CNC(=O)N(CCO)Cc3ccsc3)CCCCC2)cc1. The molecule has 1 aromatic heterocycles. The highest BCUT2D eigenvalue weighted by Gasteiger charge is 2.34. The zero-order valence-electron chi connectivity index (χ0n) is 16.5. The van der Waals surface area contributed by atoms with Gasteiger partial charge in [0.1, 0.15) is 5.75 Å². The molecule has 0 spiro atoms. The minimum atomic E-state index is -0.112. The summed E-state index contributed by atoms with van der Waals surface area (Å²) in [4.78, 5) is 14.6. The van der Waals surface area contributed by atoms with Gasteiger partial charge < -0.3 is 20.1 Å². The Morgan fingerprint density at radius 1 is 1.21 bits per heavy atom. The van der Waals surface area contributed by atoms with Crippen LogP contribution in [0.5, 0.6) is 5.75 Å². The molecule has 5 nitrogen and oxygen atoms in total. The molecule has 2 aromatic rings. The number of aliphatic hydroxyl groups is 1. The molecule has 2 amide bonds. The Morgan fingerprint density at radius 2 is 1.96 bits per heavy atom. The number of rotatable bonds is 8. The molecule has 1 fully saturated rings. The van der Waals surface area contributed by atoms with E-state index in [1.54, 1.807) is 23.3 Å². The van der Waals surface area contributed by atoms with Crippen LogP contribution in [-0.4, -0.2) is 42.8 Å². The summed E-state index contributed by atoms with van der Waals surface area (Å²) in [5, 5.41) is 16.6. The lowest BCUT2D eigenvalue weighted by atomic mass is 9.69. The van der Waals surface area contributed by atoms with Crippen LogP contribution >= 0.6 is 11.3 Å². The fourth-order valence-electron chi connectivity index (χ4n) is 4.07. The van der Waals surface area contributed by atoms with Crippen LogP contribution in [0.3, 0.4) is 0 Å². The van der Waals surface area contributed by atoms with E-state index < -0.39 is 0 Å². The third kappa shape index (κ3) is 5.06. The van der Waals surface area contributed by atoms with Crippen LogP contribution in [0.25, 0.3) is 0 Å². The number of nitrogens with zero attached hydrogens (tertiary/aromatic N) is 1. The molecule has 6 heteroatoms. The van der Waals surface area contributed by atoms with E-state index in [-0.39, 0.29) is 18.1 Å². The Hall–Kier alpha value is -2.05. The first-order chi connectivity index (χ1) is 13.7. The normalized spacial score (nSPS) is 15.8. The summed E-state index contributed by atoms with van der Waals surface area (Å²) in [6.07, 6.45) is 5.75. The lowest BCUT2D eigenvalue weighted by molar-refractivity contribution is 0.169. The van der Waals surface area contributed by atoms with Crippen LogP contribution in [-0.2, 0) is 12.0 Å². The van der Waals surface area contributed by atoms with Gasteiger partial charge in [-0.2, -0.15) is 11.3 Å². The Morgan fingerprint density at radius 3 is 2.57 bits per heavy atom. The van der Waals surface area contributed by atoms with E-state index in [2.05, 4.69) is 17.4 Å². The molecule has 1 heterocycles. The first kappa shape index (κ1) is 20.7. The minimum absolute atomic E-state index is 0.0343. The average molecular weight is 403 g/mol. The Balaban J connectivity index is 1.70. The number of methoxy groups -OCH3 is 1. The second-order valence-electron chi connectivity index (χ2n) is 7.50. The topological polar surface area (TPSA) is 61.8 Å². The Kier molecular flexibility index (Phi) is 7.34. The predicted molar refractivity (Wildman–Crippen MR) is 113 cm³/mol. The highest BCUT2D eigenvalue weighted by atomic mass is 32.1. The highest BCUT2D eigenvalue weighted by Crippen LogP contribution is 2.39. The van der Waals surface area contributed by atoms with Crippen molar-refractivity contribution in [1.29, 1.82) is 0 Å². The van der Waals surface area contributed by atoms with Crippen molar-refractivity contribution in [1.82, 2.24) is 10.2 Å². The molecule has 1 aliphatic carbocycles. The van der Waals surface area contributed by atoms with Gasteiger partial charge in [-0.15, -0.1) is 0 Å². The monoisotopic (exact) mass is 402 g/mol. The standard InChI is InChI=1S/C22H30N2O3S/c1-27-20-7-5-19(6-8-20)22(10-3-2-4-11-22)17-23-21(26)24(12-13-25)15-18-9-14-28-16-18/h5-9,14,16,25H,2-4,10-13,15,17H2,1H3,(H,23,26). The van der Waals surface area contributed by atoms with Crippen LogP contribution in [0.1, 0.15) is 43.2 Å². The number of hydrogen-bond acceptors (Lipinski definition) is 4. The number of benzene rings is 1. The van der Waals surface area contributed by atoms with E-state index in [0.29, 0.717) is 19.6 Å². The number of carbonyl (C=O) groups excluding carboxylic acids is 1. The maximum absolute atomic E-state index is 12.9. The number of urea groups is 1. The summed E-state index contributed by atoms with van der Waals surface area (Å²) in [7, 11) is 1.68. The molecule has 0 radical (unpaired) electrons. The Labute approximate surface area is 171 Å². The first-order valence-electron chi connectivity index (χ1n) is 9.96. The highest BCUT2D eigenvalue weighted by molar-refractivity contribution is 7.07. The van der Waals surface area contributed by atoms with Crippen molar-refractivity contribution in [2.24, 2.45) is 0 Å². The van der Waals surface area contributed by atoms with Gasteiger partial charge in [0.05, 0.1) is 13.7 Å². The molecule has 0 aliphatic heterocycles. The predicted octanol–water partition coefficient (Wildman–Crippen LogP) is 4.16. The summed E-state index contributed by atoms with van der Waals surface area (Å²) in [6.45, 7) is 1.42. The number of carbonyl (C=O) groups is 1. The lowest BCUT2D eigenvalue weighted by Gasteiger charge is -2.38. The average Bonchev–Trinajstić information content (AvgIpc) is 3.26. The van der Waals surface area contributed by atoms with Crippen LogP contribution in [0.2, 0.25) is 0 Å². The molecule has 0 bridgehead atoms. The third-order valence-corrected chi connectivity index (χ3v) is 6.43. The van der Waals surface area contributed by atoms with E-state index in [1.807, 2.05) is 29.0 Å². The van der Waals surface area contributed by atoms with E-state index in [1.165, 1.54) is 24.8 Å². The molecule has 1 aromatic carbocycles. The van der Waals surface area contributed by atoms with Crippen LogP contribution < -0.4 is 10.1 Å². The van der Waals surface area contributed by atoms with Gasteiger partial charge >= 0.3 is 6.03 Å². The molecule has 0 atom stereocenters. The second-order valence-corrected chi connectivity index (χ2v) is 8.28. The summed E-state index contributed by atoms with van der Waals surface area (Å²) in [6, 6.07) is 10.2. The molecule has 152 valence electrons. The van der Waals surface area contributed by atoms with Crippen molar-refractivity contribution >= 4 is 17.4 Å². The van der Waals surface area contributed by atoms with E-state index in [4.69, 9.17) is 4.74 Å². The van der Waals surface area contributed by atoms with Gasteiger partial charge in [-0.3, -0.25) is 0 Å². The van der Waals surface area contributed by atoms with Crippen LogP contribution in [0.4, 0.5) is 4.79 Å². The van der Waals surface area contributed by atoms with Crippen LogP contribution in [0, 0.1) is 0 Å². The van der Waals surface area contributed by atoms with Gasteiger partial charge in [-0.25, -0.2) is 4.79 Å². The smallest absolute Gasteiger partial charge is 0.317 e. The molecule has 0 unspecified atom stereocenters. The van der Waals surface area contributed by atoms with E-state index in [9.17, 15) is 9.90 Å². The quantitative estimate of drug-likeness (QED) is 0.697. The third-order valence-electron chi connectivity index (χ3n) is 5.70. The van der Waals surface area contributed by atoms with Crippen molar-refractivity contribution in [3.8, 4) is 5.75 Å². The zero-order chi connectivity index (χ0) is 19.8. The van der Waals surface area contributed by atoms with Gasteiger partial charge in [-0.1, -0.05) is 31.4 Å². The van der Waals surface area contributed by atoms with Crippen molar-refractivity contribution < 1.29 is 14.6 Å². The van der Waals surface area contributed by atoms with E-state index >= 15 is 0 Å². The fraction of sp³-hybridized carbons (Fsp3) is 0.500. The van der Waals surface area contributed by atoms with Crippen molar-refractivity contribution in [2.75, 3.05) is 26.8 Å². The number of nitrogens with one attached hydrogen (secondary N) is 1. The number of thiophene rings is 1. The molecule has 1 aliphatic rings. The summed E-state index contributed by atoms with van der Waals surface area (Å²) in [5.74, 6) is 0.851. The number of hydrogen-bond donors (Lipinski definition) is 2. The lowest BCUT2D eigenvalue weighted by Crippen LogP contribution is -2.47. The molecular formula is C22H30N2O3S. The molecule has 3 rings (SSSR count). The van der Waals surface area contributed by atoms with Crippen molar-refractivity contribution in [2.45, 2.75) is 44.1 Å². The summed E-state index contributed by atoms with van der Waals surface area (Å²) in [5.41, 5.74) is 2.32. The van der Waals surface area contributed by atoms with Gasteiger partial charge in [0, 0.05) is 25.0 Å². The number of aliphatic hydroxyl groups excluding tert-OH is 1. The number of amides is 2. The van der Waals surface area contributed by atoms with Gasteiger partial charge in [0.25, 0.3) is 0 Å². The molecule has 1 saturated carbocycles. The summed E-state index contributed by atoms with van der Waals surface area (Å²) >= 11 is 1.62. The van der Waals surface area contributed by atoms with E-state index in [0.717, 1.165) is 24.2 Å².